The van der Waals surface area contributed by atoms with Crippen LogP contribution in [0, 0.1) is 16.7 Å². The molecule has 8 atom stereocenters. The number of cyclic esters (lactones) is 1. The summed E-state index contributed by atoms with van der Waals surface area (Å²) in [5.41, 5.74) is -3.32. The molecule has 0 radical (unpaired) electrons. The zero-order valence-electron chi connectivity index (χ0n) is 14.9. The number of aliphatic hydroxyl groups is 2. The summed E-state index contributed by atoms with van der Waals surface area (Å²) in [6, 6.07) is 0. The fraction of sp³-hybridized carbons (Fsp3) is 0.684. The number of fused-ring (bicyclic) bond motifs is 2. The molecule has 0 aromatic carbocycles. The van der Waals surface area contributed by atoms with Crippen LogP contribution in [0.25, 0.3) is 0 Å². The van der Waals surface area contributed by atoms with E-state index in [0.29, 0.717) is 6.42 Å². The number of carbonyl (C=O) groups is 2. The molecule has 1 spiro atoms. The van der Waals surface area contributed by atoms with Crippen molar-refractivity contribution in [2.45, 2.75) is 56.7 Å². The average Bonchev–Trinajstić information content (AvgIpc) is 3.24. The summed E-state index contributed by atoms with van der Waals surface area (Å²) in [6.45, 7) is 4.72. The summed E-state index contributed by atoms with van der Waals surface area (Å²) in [5.74, 6) is -1.03. The summed E-state index contributed by atoms with van der Waals surface area (Å²) in [7, 11) is 0. The van der Waals surface area contributed by atoms with Crippen LogP contribution in [0.3, 0.4) is 0 Å². The summed E-state index contributed by atoms with van der Waals surface area (Å²) < 4.78 is 17.2. The van der Waals surface area contributed by atoms with E-state index in [1.807, 2.05) is 26.0 Å². The molecule has 0 amide bonds. The molecule has 2 aliphatic carbocycles. The fourth-order valence-electron chi connectivity index (χ4n) is 5.98. The smallest absolute Gasteiger partial charge is 0.331 e. The van der Waals surface area contributed by atoms with Crippen LogP contribution in [0.4, 0.5) is 0 Å². The first kappa shape index (κ1) is 16.5. The van der Waals surface area contributed by atoms with Gasteiger partial charge in [-0.3, -0.25) is 4.79 Å². The molecule has 0 bridgehead atoms. The maximum Gasteiger partial charge on any atom is 0.331 e. The quantitative estimate of drug-likeness (QED) is 0.412. The minimum Gasteiger partial charge on any atom is -0.458 e. The first-order valence-corrected chi connectivity index (χ1v) is 8.94. The van der Waals surface area contributed by atoms with E-state index in [1.165, 1.54) is 13.0 Å². The lowest BCUT2D eigenvalue weighted by Gasteiger charge is -2.53. The topological polar surface area (TPSA) is 106 Å². The molecule has 7 nitrogen and oxygen atoms in total. The Bertz CT molecular complexity index is 798. The van der Waals surface area contributed by atoms with Crippen LogP contribution < -0.4 is 0 Å². The molecule has 2 N–H and O–H groups in total. The van der Waals surface area contributed by atoms with Gasteiger partial charge < -0.3 is 24.4 Å². The van der Waals surface area contributed by atoms with Crippen molar-refractivity contribution in [3.8, 4) is 0 Å². The van der Waals surface area contributed by atoms with Gasteiger partial charge in [-0.15, -0.1) is 0 Å². The molecule has 2 saturated heterocycles. The highest BCUT2D eigenvalue weighted by atomic mass is 16.7. The molecule has 140 valence electrons. The predicted octanol–water partition coefficient (Wildman–Crippen LogP) is 0.247. The van der Waals surface area contributed by atoms with Gasteiger partial charge in [0.2, 0.25) is 0 Å². The molecule has 0 aromatic heterocycles. The Labute approximate surface area is 150 Å². The number of allylic oxidation sites excluding steroid dienone is 1. The van der Waals surface area contributed by atoms with Crippen molar-refractivity contribution in [2.75, 3.05) is 6.61 Å². The van der Waals surface area contributed by atoms with Crippen LogP contribution in [0.1, 0.15) is 27.2 Å². The zero-order valence-corrected chi connectivity index (χ0v) is 14.9. The van der Waals surface area contributed by atoms with E-state index < -0.39 is 52.9 Å². The van der Waals surface area contributed by atoms with E-state index in [1.54, 1.807) is 0 Å². The standard InChI is InChI=1S/C19H22O7/c1-16-5-4-6-17(2)12(16)11(25-15(17)22)13-19(26-13)9(16)7-10(21)24-14(19)18(3,23)8-20/h4,6-7,11-14,20,23H,5,8H2,1-3H3. The Morgan fingerprint density at radius 3 is 2.73 bits per heavy atom. The van der Waals surface area contributed by atoms with Crippen molar-refractivity contribution in [3.05, 3.63) is 23.8 Å². The van der Waals surface area contributed by atoms with E-state index in [9.17, 15) is 19.8 Å². The van der Waals surface area contributed by atoms with Crippen LogP contribution >= 0.6 is 0 Å². The van der Waals surface area contributed by atoms with Crippen LogP contribution in [0.5, 0.6) is 0 Å². The van der Waals surface area contributed by atoms with Gasteiger partial charge in [0, 0.05) is 17.4 Å². The fourth-order valence-corrected chi connectivity index (χ4v) is 5.98. The highest BCUT2D eigenvalue weighted by Crippen LogP contribution is 2.71. The van der Waals surface area contributed by atoms with Crippen molar-refractivity contribution >= 4 is 11.9 Å². The van der Waals surface area contributed by atoms with Crippen LogP contribution in [0.2, 0.25) is 0 Å². The third-order valence-electron chi connectivity index (χ3n) is 7.14. The maximum atomic E-state index is 12.6. The van der Waals surface area contributed by atoms with Crippen molar-refractivity contribution in [1.29, 1.82) is 0 Å². The van der Waals surface area contributed by atoms with Gasteiger partial charge >= 0.3 is 11.9 Å². The molecular formula is C19H22O7. The lowest BCUT2D eigenvalue weighted by molar-refractivity contribution is -0.177. The SMILES string of the molecule is CC(O)(CO)C1OC(=O)C=C2C3(C)CC=CC4(C)C(=O)OC(C43)C3OC231. The van der Waals surface area contributed by atoms with Gasteiger partial charge in [0.05, 0.1) is 12.0 Å². The second kappa shape index (κ2) is 4.40. The molecule has 5 aliphatic rings. The monoisotopic (exact) mass is 362 g/mol. The van der Waals surface area contributed by atoms with Crippen molar-refractivity contribution in [2.24, 2.45) is 16.7 Å². The molecule has 0 aromatic rings. The molecule has 5 rings (SSSR count). The third kappa shape index (κ3) is 1.57. The largest absolute Gasteiger partial charge is 0.458 e. The first-order valence-electron chi connectivity index (χ1n) is 8.94. The Balaban J connectivity index is 1.72. The average molecular weight is 362 g/mol. The van der Waals surface area contributed by atoms with Gasteiger partial charge in [0.25, 0.3) is 0 Å². The van der Waals surface area contributed by atoms with E-state index in [2.05, 4.69) is 0 Å². The number of hydrogen-bond acceptors (Lipinski definition) is 7. The lowest BCUT2D eigenvalue weighted by atomic mass is 9.49. The second-order valence-corrected chi connectivity index (χ2v) is 8.88. The number of esters is 2. The maximum absolute atomic E-state index is 12.6. The number of rotatable bonds is 2. The predicted molar refractivity (Wildman–Crippen MR) is 86.6 cm³/mol. The van der Waals surface area contributed by atoms with Crippen molar-refractivity contribution in [3.63, 3.8) is 0 Å². The Hall–Kier alpha value is -1.70. The normalized spacial score (nSPS) is 52.7. The lowest BCUT2D eigenvalue weighted by Crippen LogP contribution is -2.64. The summed E-state index contributed by atoms with van der Waals surface area (Å²) in [6.07, 6.45) is 3.89. The van der Waals surface area contributed by atoms with Crippen molar-refractivity contribution in [1.82, 2.24) is 0 Å². The molecule has 7 heteroatoms. The van der Waals surface area contributed by atoms with Crippen LogP contribution in [0.15, 0.2) is 23.8 Å². The number of aliphatic hydroxyl groups excluding tert-OH is 1. The third-order valence-corrected chi connectivity index (χ3v) is 7.14. The minimum atomic E-state index is -1.68. The van der Waals surface area contributed by atoms with E-state index >= 15 is 0 Å². The molecule has 3 fully saturated rings. The Morgan fingerprint density at radius 2 is 2.04 bits per heavy atom. The molecule has 3 aliphatic heterocycles. The highest BCUT2D eigenvalue weighted by Gasteiger charge is 2.83. The van der Waals surface area contributed by atoms with Crippen LogP contribution in [-0.2, 0) is 23.8 Å². The van der Waals surface area contributed by atoms with E-state index in [4.69, 9.17) is 14.2 Å². The molecular weight excluding hydrogens is 340 g/mol. The van der Waals surface area contributed by atoms with Crippen molar-refractivity contribution < 1.29 is 34.0 Å². The minimum absolute atomic E-state index is 0.162. The summed E-state index contributed by atoms with van der Waals surface area (Å²) in [4.78, 5) is 25.0. The van der Waals surface area contributed by atoms with Gasteiger partial charge in [0.1, 0.15) is 17.8 Å². The Kier molecular flexibility index (Phi) is 2.79. The van der Waals surface area contributed by atoms with Gasteiger partial charge in [-0.25, -0.2) is 4.79 Å². The van der Waals surface area contributed by atoms with Crippen LogP contribution in [-0.4, -0.2) is 58.3 Å². The van der Waals surface area contributed by atoms with Gasteiger partial charge in [-0.2, -0.15) is 0 Å². The van der Waals surface area contributed by atoms with Gasteiger partial charge in [-0.05, 0) is 25.8 Å². The van der Waals surface area contributed by atoms with E-state index in [0.717, 1.165) is 5.57 Å². The molecule has 1 saturated carbocycles. The van der Waals surface area contributed by atoms with E-state index in [-0.39, 0.29) is 11.9 Å². The molecule has 8 unspecified atom stereocenters. The number of ether oxygens (including phenoxy) is 3. The molecule has 26 heavy (non-hydrogen) atoms. The van der Waals surface area contributed by atoms with Gasteiger partial charge in [0.15, 0.2) is 11.7 Å². The highest BCUT2D eigenvalue weighted by molar-refractivity contribution is 5.88. The number of carbonyl (C=O) groups excluding carboxylic acids is 2. The number of hydrogen-bond donors (Lipinski definition) is 2. The first-order chi connectivity index (χ1) is 12.1. The zero-order chi connectivity index (χ0) is 18.7. The molecule has 3 heterocycles. The summed E-state index contributed by atoms with van der Waals surface area (Å²) >= 11 is 0. The van der Waals surface area contributed by atoms with Gasteiger partial charge in [-0.1, -0.05) is 19.1 Å². The Morgan fingerprint density at radius 1 is 1.31 bits per heavy atom. The second-order valence-electron chi connectivity index (χ2n) is 8.88. The number of epoxide rings is 1. The summed E-state index contributed by atoms with van der Waals surface area (Å²) in [5, 5.41) is 20.3.